The number of rotatable bonds is 11. The van der Waals surface area contributed by atoms with Gasteiger partial charge < -0.3 is 20.1 Å². The highest BCUT2D eigenvalue weighted by Gasteiger charge is 2.27. The van der Waals surface area contributed by atoms with Crippen molar-refractivity contribution < 1.29 is 22.7 Å². The van der Waals surface area contributed by atoms with Crippen LogP contribution in [-0.2, 0) is 14.8 Å². The van der Waals surface area contributed by atoms with Crippen molar-refractivity contribution in [3.8, 4) is 11.5 Å². The van der Waals surface area contributed by atoms with Crippen LogP contribution in [-0.4, -0.2) is 51.0 Å². The van der Waals surface area contributed by atoms with E-state index < -0.39 is 10.0 Å². The number of carbonyl (C=O) groups excluding carboxylic acids is 1. The first kappa shape index (κ1) is 25.8. The Bertz CT molecular complexity index is 1070. The third-order valence-electron chi connectivity index (χ3n) is 5.33. The van der Waals surface area contributed by atoms with E-state index in [0.29, 0.717) is 42.6 Å². The lowest BCUT2D eigenvalue weighted by atomic mass is 10.2. The molecule has 1 fully saturated rings. The second-order valence-electron chi connectivity index (χ2n) is 8.54. The van der Waals surface area contributed by atoms with Crippen LogP contribution < -0.4 is 20.1 Å². The van der Waals surface area contributed by atoms with Gasteiger partial charge in [0.05, 0.1) is 35.5 Å². The van der Waals surface area contributed by atoms with Gasteiger partial charge in [-0.05, 0) is 63.4 Å². The topological polar surface area (TPSA) is 97.0 Å². The van der Waals surface area contributed by atoms with Gasteiger partial charge in [0, 0.05) is 13.1 Å². The standard InChI is InChI=1S/C25H35N3O5S/c1-4-16-32-23-11-7-6-10-21(23)27-25(29)18-26-22-17-20(12-13-24(22)33-19(2)3)34(30,31)28-14-8-5-9-15-28/h6-7,10-13,17,19,26H,4-5,8-9,14-16,18H2,1-3H3,(H,27,29). The Balaban J connectivity index is 1.75. The number of nitrogens with zero attached hydrogens (tertiary/aromatic N) is 1. The minimum absolute atomic E-state index is 0.0657. The molecule has 1 saturated heterocycles. The highest BCUT2D eigenvalue weighted by atomic mass is 32.2. The van der Waals surface area contributed by atoms with Crippen molar-refractivity contribution >= 4 is 27.3 Å². The predicted molar refractivity (Wildman–Crippen MR) is 134 cm³/mol. The molecule has 1 aliphatic rings. The molecular formula is C25H35N3O5S. The molecule has 0 aromatic heterocycles. The van der Waals surface area contributed by atoms with E-state index in [1.165, 1.54) is 4.31 Å². The largest absolute Gasteiger partial charge is 0.491 e. The number of anilines is 2. The molecule has 0 bridgehead atoms. The Hall–Kier alpha value is -2.78. The second-order valence-corrected chi connectivity index (χ2v) is 10.5. The van der Waals surface area contributed by atoms with Crippen LogP contribution in [0.1, 0.15) is 46.5 Å². The first-order valence-corrected chi connectivity index (χ1v) is 13.3. The molecule has 1 heterocycles. The summed E-state index contributed by atoms with van der Waals surface area (Å²) in [7, 11) is -3.61. The molecular weight excluding hydrogens is 454 g/mol. The van der Waals surface area contributed by atoms with Gasteiger partial charge in [0.1, 0.15) is 11.5 Å². The number of hydrogen-bond acceptors (Lipinski definition) is 6. The van der Waals surface area contributed by atoms with E-state index in [2.05, 4.69) is 10.6 Å². The van der Waals surface area contributed by atoms with E-state index in [-0.39, 0.29) is 23.5 Å². The molecule has 0 radical (unpaired) electrons. The lowest BCUT2D eigenvalue weighted by molar-refractivity contribution is -0.114. The highest BCUT2D eigenvalue weighted by Crippen LogP contribution is 2.31. The van der Waals surface area contributed by atoms with E-state index in [0.717, 1.165) is 25.7 Å². The second kappa shape index (κ2) is 12.1. The third-order valence-corrected chi connectivity index (χ3v) is 7.22. The van der Waals surface area contributed by atoms with Gasteiger partial charge in [-0.2, -0.15) is 4.31 Å². The Morgan fingerprint density at radius 2 is 1.76 bits per heavy atom. The molecule has 0 atom stereocenters. The first-order chi connectivity index (χ1) is 16.3. The molecule has 0 spiro atoms. The van der Waals surface area contributed by atoms with Crippen LogP contribution in [0.15, 0.2) is 47.4 Å². The van der Waals surface area contributed by atoms with Gasteiger partial charge in [0.2, 0.25) is 15.9 Å². The summed E-state index contributed by atoms with van der Waals surface area (Å²) in [6, 6.07) is 12.0. The van der Waals surface area contributed by atoms with Gasteiger partial charge >= 0.3 is 0 Å². The maximum atomic E-state index is 13.1. The number of sulfonamides is 1. The number of carbonyl (C=O) groups is 1. The Labute approximate surface area is 202 Å². The molecule has 2 aromatic carbocycles. The minimum Gasteiger partial charge on any atom is -0.491 e. The van der Waals surface area contributed by atoms with Crippen LogP contribution in [0.4, 0.5) is 11.4 Å². The average molecular weight is 490 g/mol. The monoisotopic (exact) mass is 489 g/mol. The van der Waals surface area contributed by atoms with E-state index in [1.807, 2.05) is 39.0 Å². The summed E-state index contributed by atoms with van der Waals surface area (Å²) in [6.07, 6.45) is 3.52. The minimum atomic E-state index is -3.61. The summed E-state index contributed by atoms with van der Waals surface area (Å²) in [5.41, 5.74) is 1.04. The van der Waals surface area contributed by atoms with Crippen LogP contribution in [0.3, 0.4) is 0 Å². The molecule has 1 aliphatic heterocycles. The normalized spacial score (nSPS) is 14.6. The molecule has 8 nitrogen and oxygen atoms in total. The fourth-order valence-corrected chi connectivity index (χ4v) is 5.24. The average Bonchev–Trinajstić information content (AvgIpc) is 2.83. The number of ether oxygens (including phenoxy) is 2. The van der Waals surface area contributed by atoms with Crippen molar-refractivity contribution in [1.82, 2.24) is 4.31 Å². The molecule has 34 heavy (non-hydrogen) atoms. The first-order valence-electron chi connectivity index (χ1n) is 11.9. The summed E-state index contributed by atoms with van der Waals surface area (Å²) in [5, 5.41) is 5.91. The number of benzene rings is 2. The van der Waals surface area contributed by atoms with Gasteiger partial charge in [-0.15, -0.1) is 0 Å². The zero-order chi connectivity index (χ0) is 24.6. The van der Waals surface area contributed by atoms with Crippen LogP contribution in [0.2, 0.25) is 0 Å². The van der Waals surface area contributed by atoms with Crippen LogP contribution in [0, 0.1) is 0 Å². The van der Waals surface area contributed by atoms with Crippen molar-refractivity contribution in [2.45, 2.75) is 57.5 Å². The summed E-state index contributed by atoms with van der Waals surface area (Å²) in [5.74, 6) is 0.815. The van der Waals surface area contributed by atoms with Crippen molar-refractivity contribution in [3.63, 3.8) is 0 Å². The number of amides is 1. The number of nitrogens with one attached hydrogen (secondary N) is 2. The molecule has 0 aliphatic carbocycles. The predicted octanol–water partition coefficient (Wildman–Crippen LogP) is 4.49. The summed E-state index contributed by atoms with van der Waals surface area (Å²) in [6.45, 7) is 7.34. The summed E-state index contributed by atoms with van der Waals surface area (Å²) in [4.78, 5) is 12.9. The van der Waals surface area contributed by atoms with Gasteiger partial charge in [0.15, 0.2) is 0 Å². The fraction of sp³-hybridized carbons (Fsp3) is 0.480. The fourth-order valence-electron chi connectivity index (χ4n) is 3.70. The lowest BCUT2D eigenvalue weighted by Gasteiger charge is -2.26. The van der Waals surface area contributed by atoms with E-state index >= 15 is 0 Å². The highest BCUT2D eigenvalue weighted by molar-refractivity contribution is 7.89. The quantitative estimate of drug-likeness (QED) is 0.483. The van der Waals surface area contributed by atoms with Gasteiger partial charge in [-0.25, -0.2) is 8.42 Å². The Morgan fingerprint density at radius 3 is 2.47 bits per heavy atom. The smallest absolute Gasteiger partial charge is 0.243 e. The van der Waals surface area contributed by atoms with E-state index in [1.54, 1.807) is 24.3 Å². The molecule has 0 saturated carbocycles. The summed E-state index contributed by atoms with van der Waals surface area (Å²) < 4.78 is 39.4. The Kier molecular flexibility index (Phi) is 9.18. The number of para-hydroxylation sites is 2. The Morgan fingerprint density at radius 1 is 1.03 bits per heavy atom. The molecule has 1 amide bonds. The van der Waals surface area contributed by atoms with E-state index in [9.17, 15) is 13.2 Å². The van der Waals surface area contributed by atoms with Gasteiger partial charge in [0.25, 0.3) is 0 Å². The number of piperidine rings is 1. The molecule has 2 aromatic rings. The summed E-state index contributed by atoms with van der Waals surface area (Å²) >= 11 is 0. The maximum Gasteiger partial charge on any atom is 0.243 e. The molecule has 9 heteroatoms. The molecule has 186 valence electrons. The number of hydrogen-bond donors (Lipinski definition) is 2. The van der Waals surface area contributed by atoms with E-state index in [4.69, 9.17) is 9.47 Å². The van der Waals surface area contributed by atoms with Crippen molar-refractivity contribution in [1.29, 1.82) is 0 Å². The molecule has 2 N–H and O–H groups in total. The van der Waals surface area contributed by atoms with Crippen LogP contribution in [0.25, 0.3) is 0 Å². The lowest BCUT2D eigenvalue weighted by Crippen LogP contribution is -2.35. The zero-order valence-corrected chi connectivity index (χ0v) is 21.0. The van der Waals surface area contributed by atoms with Crippen LogP contribution in [0.5, 0.6) is 11.5 Å². The van der Waals surface area contributed by atoms with Gasteiger partial charge in [-0.1, -0.05) is 25.5 Å². The van der Waals surface area contributed by atoms with Gasteiger partial charge in [-0.3, -0.25) is 4.79 Å². The van der Waals surface area contributed by atoms with Crippen molar-refractivity contribution in [2.24, 2.45) is 0 Å². The van der Waals surface area contributed by atoms with Crippen molar-refractivity contribution in [2.75, 3.05) is 36.9 Å². The zero-order valence-electron chi connectivity index (χ0n) is 20.2. The van der Waals surface area contributed by atoms with Crippen LogP contribution >= 0.6 is 0 Å². The third kappa shape index (κ3) is 6.87. The SMILES string of the molecule is CCCOc1ccccc1NC(=O)CNc1cc(S(=O)(=O)N2CCCCC2)ccc1OC(C)C. The van der Waals surface area contributed by atoms with Crippen molar-refractivity contribution in [3.05, 3.63) is 42.5 Å². The molecule has 3 rings (SSSR count). The maximum absolute atomic E-state index is 13.1. The molecule has 0 unspecified atom stereocenters.